The average Bonchev–Trinajstić information content (AvgIpc) is 2.92. The van der Waals surface area contributed by atoms with E-state index in [2.05, 4.69) is 35.4 Å². The Kier molecular flexibility index (Phi) is 4.44. The molecule has 0 aliphatic heterocycles. The quantitative estimate of drug-likeness (QED) is 0.676. The number of nitrogens with one attached hydrogen (secondary N) is 2. The number of fused-ring (bicyclic) bond motifs is 1. The molecule has 2 aromatic carbocycles. The van der Waals surface area contributed by atoms with Gasteiger partial charge in [0, 0.05) is 27.7 Å². The molecular weight excluding hydrogens is 304 g/mol. The molecule has 0 bridgehead atoms. The predicted molar refractivity (Wildman–Crippen MR) is 98.3 cm³/mol. The fraction of sp³-hybridized carbons (Fsp3) is 0.211. The largest absolute Gasteiger partial charge is 0.360 e. The van der Waals surface area contributed by atoms with Crippen molar-refractivity contribution >= 4 is 34.3 Å². The van der Waals surface area contributed by atoms with Crippen LogP contribution in [0.4, 0.5) is 5.69 Å². The van der Waals surface area contributed by atoms with Crippen molar-refractivity contribution in [1.29, 1.82) is 0 Å². The number of aryl methyl sites for hydroxylation is 3. The highest BCUT2D eigenvalue weighted by atomic mass is 32.2. The summed E-state index contributed by atoms with van der Waals surface area (Å²) in [6, 6.07) is 12.3. The van der Waals surface area contributed by atoms with Gasteiger partial charge in [-0.25, -0.2) is 0 Å². The van der Waals surface area contributed by atoms with Crippen LogP contribution in [0.5, 0.6) is 0 Å². The van der Waals surface area contributed by atoms with E-state index in [1.54, 1.807) is 11.8 Å². The first-order valence-electron chi connectivity index (χ1n) is 7.61. The normalized spacial score (nSPS) is 10.9. The zero-order valence-corrected chi connectivity index (χ0v) is 14.4. The maximum atomic E-state index is 12.3. The van der Waals surface area contributed by atoms with Gasteiger partial charge in [-0.1, -0.05) is 35.9 Å². The molecule has 3 nitrogen and oxygen atoms in total. The van der Waals surface area contributed by atoms with Crippen LogP contribution in [-0.2, 0) is 4.79 Å². The third kappa shape index (κ3) is 3.42. The van der Waals surface area contributed by atoms with Gasteiger partial charge in [-0.2, -0.15) is 0 Å². The van der Waals surface area contributed by atoms with E-state index in [0.717, 1.165) is 32.6 Å². The number of para-hydroxylation sites is 1. The third-order valence-electron chi connectivity index (χ3n) is 3.85. The lowest BCUT2D eigenvalue weighted by atomic mass is 10.1. The molecule has 0 saturated heterocycles. The zero-order chi connectivity index (χ0) is 16.4. The number of carbonyl (C=O) groups excluding carboxylic acids is 1. The number of hydrogen-bond acceptors (Lipinski definition) is 2. The second kappa shape index (κ2) is 6.50. The van der Waals surface area contributed by atoms with Gasteiger partial charge < -0.3 is 10.3 Å². The number of aromatic nitrogens is 1. The Balaban J connectivity index is 1.69. The lowest BCUT2D eigenvalue weighted by molar-refractivity contribution is -0.113. The Labute approximate surface area is 140 Å². The standard InChI is InChI=1S/C19H20N2OS/c1-12-8-13(2)19(14(3)9-12)21-18(22)11-23-17-10-20-16-7-5-4-6-15(16)17/h4-10,20H,11H2,1-3H3,(H,21,22). The van der Waals surface area contributed by atoms with Crippen LogP contribution in [0.1, 0.15) is 16.7 Å². The van der Waals surface area contributed by atoms with Crippen molar-refractivity contribution in [1.82, 2.24) is 4.98 Å². The molecule has 2 N–H and O–H groups in total. The second-order valence-corrected chi connectivity index (χ2v) is 6.83. The topological polar surface area (TPSA) is 44.9 Å². The van der Waals surface area contributed by atoms with Crippen molar-refractivity contribution in [3.05, 3.63) is 59.3 Å². The number of amides is 1. The van der Waals surface area contributed by atoms with Crippen LogP contribution in [0.25, 0.3) is 10.9 Å². The molecule has 0 unspecified atom stereocenters. The number of hydrogen-bond donors (Lipinski definition) is 2. The highest BCUT2D eigenvalue weighted by Gasteiger charge is 2.10. The number of rotatable bonds is 4. The van der Waals surface area contributed by atoms with E-state index < -0.39 is 0 Å². The molecule has 0 fully saturated rings. The molecule has 0 aliphatic rings. The molecule has 3 aromatic rings. The van der Waals surface area contributed by atoms with Crippen LogP contribution in [0.3, 0.4) is 0 Å². The monoisotopic (exact) mass is 324 g/mol. The highest BCUT2D eigenvalue weighted by molar-refractivity contribution is 8.00. The van der Waals surface area contributed by atoms with Crippen molar-refractivity contribution in [2.24, 2.45) is 0 Å². The van der Waals surface area contributed by atoms with E-state index in [4.69, 9.17) is 0 Å². The van der Waals surface area contributed by atoms with E-state index in [-0.39, 0.29) is 5.91 Å². The molecule has 3 rings (SSSR count). The van der Waals surface area contributed by atoms with Gasteiger partial charge in [0.1, 0.15) is 0 Å². The van der Waals surface area contributed by atoms with Gasteiger partial charge in [-0.15, -0.1) is 11.8 Å². The number of thioether (sulfide) groups is 1. The van der Waals surface area contributed by atoms with E-state index in [9.17, 15) is 4.79 Å². The molecule has 1 amide bonds. The van der Waals surface area contributed by atoms with Gasteiger partial charge in [0.15, 0.2) is 0 Å². The van der Waals surface area contributed by atoms with E-state index in [1.807, 2.05) is 38.2 Å². The summed E-state index contributed by atoms with van der Waals surface area (Å²) in [6.45, 7) is 6.13. The molecule has 23 heavy (non-hydrogen) atoms. The van der Waals surface area contributed by atoms with Crippen LogP contribution in [0.15, 0.2) is 47.5 Å². The molecule has 0 aliphatic carbocycles. The summed E-state index contributed by atoms with van der Waals surface area (Å²) in [5.41, 5.74) is 5.45. The molecule has 0 saturated carbocycles. The van der Waals surface area contributed by atoms with Crippen molar-refractivity contribution < 1.29 is 4.79 Å². The summed E-state index contributed by atoms with van der Waals surface area (Å²) in [7, 11) is 0. The average molecular weight is 324 g/mol. The minimum atomic E-state index is 0.0235. The number of aromatic amines is 1. The first-order valence-corrected chi connectivity index (χ1v) is 8.60. The van der Waals surface area contributed by atoms with Crippen LogP contribution in [-0.4, -0.2) is 16.6 Å². The van der Waals surface area contributed by atoms with Crippen LogP contribution in [0.2, 0.25) is 0 Å². The van der Waals surface area contributed by atoms with E-state index in [0.29, 0.717) is 5.75 Å². The third-order valence-corrected chi connectivity index (χ3v) is 4.91. The smallest absolute Gasteiger partial charge is 0.234 e. The Morgan fingerprint density at radius 1 is 1.13 bits per heavy atom. The van der Waals surface area contributed by atoms with Gasteiger partial charge in [0.25, 0.3) is 0 Å². The maximum Gasteiger partial charge on any atom is 0.234 e. The van der Waals surface area contributed by atoms with Gasteiger partial charge >= 0.3 is 0 Å². The second-order valence-electron chi connectivity index (χ2n) is 5.81. The SMILES string of the molecule is Cc1cc(C)c(NC(=O)CSc2c[nH]c3ccccc23)c(C)c1. The fourth-order valence-electron chi connectivity index (χ4n) is 2.86. The van der Waals surface area contributed by atoms with Gasteiger partial charge in [0.05, 0.1) is 5.75 Å². The minimum Gasteiger partial charge on any atom is -0.360 e. The van der Waals surface area contributed by atoms with E-state index in [1.165, 1.54) is 5.56 Å². The molecule has 1 aromatic heterocycles. The molecule has 0 spiro atoms. The molecule has 4 heteroatoms. The Hall–Kier alpha value is -2.20. The van der Waals surface area contributed by atoms with Gasteiger partial charge in [-0.05, 0) is 38.0 Å². The van der Waals surface area contributed by atoms with Crippen LogP contribution in [0, 0.1) is 20.8 Å². The lowest BCUT2D eigenvalue weighted by Gasteiger charge is -2.12. The molecule has 1 heterocycles. The molecule has 118 valence electrons. The number of benzene rings is 2. The fourth-order valence-corrected chi connectivity index (χ4v) is 3.69. The maximum absolute atomic E-state index is 12.3. The molecular formula is C19H20N2OS. The number of carbonyl (C=O) groups is 1. The van der Waals surface area contributed by atoms with Crippen molar-refractivity contribution in [2.75, 3.05) is 11.1 Å². The molecule has 0 atom stereocenters. The van der Waals surface area contributed by atoms with Gasteiger partial charge in [-0.3, -0.25) is 4.79 Å². The van der Waals surface area contributed by atoms with Crippen LogP contribution < -0.4 is 5.32 Å². The van der Waals surface area contributed by atoms with Crippen molar-refractivity contribution in [3.8, 4) is 0 Å². The van der Waals surface area contributed by atoms with E-state index >= 15 is 0 Å². The summed E-state index contributed by atoms with van der Waals surface area (Å²) >= 11 is 1.56. The summed E-state index contributed by atoms with van der Waals surface area (Å²) in [5, 5.41) is 4.21. The first kappa shape index (κ1) is 15.7. The zero-order valence-electron chi connectivity index (χ0n) is 13.6. The molecule has 0 radical (unpaired) electrons. The van der Waals surface area contributed by atoms with Gasteiger partial charge in [0.2, 0.25) is 5.91 Å². The van der Waals surface area contributed by atoms with Crippen molar-refractivity contribution in [3.63, 3.8) is 0 Å². The van der Waals surface area contributed by atoms with Crippen LogP contribution >= 0.6 is 11.8 Å². The minimum absolute atomic E-state index is 0.0235. The Bertz CT molecular complexity index is 844. The highest BCUT2D eigenvalue weighted by Crippen LogP contribution is 2.28. The number of anilines is 1. The predicted octanol–water partition coefficient (Wildman–Crippen LogP) is 4.82. The first-order chi connectivity index (χ1) is 11.0. The lowest BCUT2D eigenvalue weighted by Crippen LogP contribution is -2.15. The summed E-state index contributed by atoms with van der Waals surface area (Å²) < 4.78 is 0. The summed E-state index contributed by atoms with van der Waals surface area (Å²) in [6.07, 6.45) is 1.96. The van der Waals surface area contributed by atoms with Crippen molar-refractivity contribution in [2.45, 2.75) is 25.7 Å². The number of H-pyrrole nitrogens is 1. The Morgan fingerprint density at radius 2 is 1.83 bits per heavy atom. The summed E-state index contributed by atoms with van der Waals surface area (Å²) in [4.78, 5) is 16.6. The Morgan fingerprint density at radius 3 is 2.57 bits per heavy atom. The summed E-state index contributed by atoms with van der Waals surface area (Å²) in [5.74, 6) is 0.421.